The normalized spacial score (nSPS) is 11.4. The van der Waals surface area contributed by atoms with E-state index in [1.54, 1.807) is 19.1 Å². The van der Waals surface area contributed by atoms with E-state index < -0.39 is 12.1 Å². The van der Waals surface area contributed by atoms with E-state index in [0.29, 0.717) is 13.0 Å². The van der Waals surface area contributed by atoms with Crippen LogP contribution in [-0.2, 0) is 11.3 Å². The van der Waals surface area contributed by atoms with Crippen LogP contribution in [0.3, 0.4) is 0 Å². The van der Waals surface area contributed by atoms with Crippen molar-refractivity contribution in [3.63, 3.8) is 0 Å². The van der Waals surface area contributed by atoms with Crippen LogP contribution in [0, 0.1) is 0 Å². The van der Waals surface area contributed by atoms with Gasteiger partial charge in [0, 0.05) is 18.8 Å². The smallest absolute Gasteiger partial charge is 0.326 e. The van der Waals surface area contributed by atoms with Gasteiger partial charge in [-0.3, -0.25) is 4.79 Å². The van der Waals surface area contributed by atoms with E-state index in [0.717, 1.165) is 10.5 Å². The lowest BCUT2D eigenvalue weighted by Gasteiger charge is -2.23. The van der Waals surface area contributed by atoms with Crippen molar-refractivity contribution >= 4 is 11.6 Å². The standard InChI is InChI=1S/C12H15F3N2O/c1-2-7-17(11(18)12(13,14)15)10-5-3-9(8-16)4-6-10/h3-6H,2,7-8,16H2,1H3. The van der Waals surface area contributed by atoms with Gasteiger partial charge in [0.2, 0.25) is 0 Å². The van der Waals surface area contributed by atoms with Crippen LogP contribution in [0.4, 0.5) is 18.9 Å². The summed E-state index contributed by atoms with van der Waals surface area (Å²) in [4.78, 5) is 12.0. The number of hydrogen-bond acceptors (Lipinski definition) is 2. The molecule has 0 spiro atoms. The number of hydrogen-bond donors (Lipinski definition) is 1. The van der Waals surface area contributed by atoms with E-state index in [1.807, 2.05) is 0 Å². The molecular weight excluding hydrogens is 245 g/mol. The van der Waals surface area contributed by atoms with Crippen molar-refractivity contribution in [2.75, 3.05) is 11.4 Å². The number of nitrogens with two attached hydrogens (primary N) is 1. The lowest BCUT2D eigenvalue weighted by Crippen LogP contribution is -2.41. The molecule has 0 radical (unpaired) electrons. The summed E-state index contributed by atoms with van der Waals surface area (Å²) < 4.78 is 37.3. The van der Waals surface area contributed by atoms with Gasteiger partial charge in [0.1, 0.15) is 0 Å². The van der Waals surface area contributed by atoms with Crippen molar-refractivity contribution in [3.05, 3.63) is 29.8 Å². The number of rotatable bonds is 4. The molecule has 6 heteroatoms. The zero-order valence-electron chi connectivity index (χ0n) is 10.00. The Morgan fingerprint density at radius 3 is 2.22 bits per heavy atom. The molecule has 1 amide bonds. The monoisotopic (exact) mass is 260 g/mol. The van der Waals surface area contributed by atoms with Crippen molar-refractivity contribution < 1.29 is 18.0 Å². The van der Waals surface area contributed by atoms with Gasteiger partial charge in [-0.1, -0.05) is 19.1 Å². The number of anilines is 1. The molecule has 1 rings (SSSR count). The maximum Gasteiger partial charge on any atom is 0.471 e. The van der Waals surface area contributed by atoms with Crippen LogP contribution < -0.4 is 10.6 Å². The molecule has 0 aromatic heterocycles. The molecule has 0 atom stereocenters. The van der Waals surface area contributed by atoms with Gasteiger partial charge < -0.3 is 10.6 Å². The van der Waals surface area contributed by atoms with Gasteiger partial charge in [-0.25, -0.2) is 0 Å². The zero-order valence-corrected chi connectivity index (χ0v) is 10.00. The lowest BCUT2D eigenvalue weighted by molar-refractivity contribution is -0.170. The summed E-state index contributed by atoms with van der Waals surface area (Å²) in [6.07, 6.45) is -4.41. The minimum Gasteiger partial charge on any atom is -0.326 e. The van der Waals surface area contributed by atoms with Gasteiger partial charge in [-0.2, -0.15) is 13.2 Å². The first kappa shape index (κ1) is 14.5. The summed E-state index contributed by atoms with van der Waals surface area (Å²) in [6.45, 7) is 2.05. The highest BCUT2D eigenvalue weighted by atomic mass is 19.4. The fraction of sp³-hybridized carbons (Fsp3) is 0.417. The second-order valence-corrected chi connectivity index (χ2v) is 3.83. The van der Waals surface area contributed by atoms with Crippen molar-refractivity contribution in [1.82, 2.24) is 0 Å². The zero-order chi connectivity index (χ0) is 13.8. The third kappa shape index (κ3) is 3.46. The van der Waals surface area contributed by atoms with Crippen molar-refractivity contribution in [2.24, 2.45) is 5.73 Å². The Bertz CT molecular complexity index is 401. The van der Waals surface area contributed by atoms with Gasteiger partial charge >= 0.3 is 12.1 Å². The summed E-state index contributed by atoms with van der Waals surface area (Å²) in [5, 5.41) is 0. The van der Waals surface area contributed by atoms with E-state index in [9.17, 15) is 18.0 Å². The van der Waals surface area contributed by atoms with Gasteiger partial charge in [0.05, 0.1) is 0 Å². The first-order valence-corrected chi connectivity index (χ1v) is 5.57. The van der Waals surface area contributed by atoms with Gasteiger partial charge in [-0.15, -0.1) is 0 Å². The second-order valence-electron chi connectivity index (χ2n) is 3.83. The molecule has 2 N–H and O–H groups in total. The van der Waals surface area contributed by atoms with E-state index in [-0.39, 0.29) is 12.2 Å². The summed E-state index contributed by atoms with van der Waals surface area (Å²) in [6, 6.07) is 6.17. The first-order valence-electron chi connectivity index (χ1n) is 5.57. The van der Waals surface area contributed by atoms with Crippen LogP contribution in [0.15, 0.2) is 24.3 Å². The molecular formula is C12H15F3N2O. The van der Waals surface area contributed by atoms with Gasteiger partial charge in [0.15, 0.2) is 0 Å². The maximum absolute atomic E-state index is 12.4. The Hall–Kier alpha value is -1.56. The highest BCUT2D eigenvalue weighted by molar-refractivity contribution is 5.97. The number of carbonyl (C=O) groups excluding carboxylic acids is 1. The molecule has 18 heavy (non-hydrogen) atoms. The van der Waals surface area contributed by atoms with E-state index >= 15 is 0 Å². The minimum absolute atomic E-state index is 0.0281. The van der Waals surface area contributed by atoms with E-state index in [1.165, 1.54) is 12.1 Å². The molecule has 0 aliphatic carbocycles. The van der Waals surface area contributed by atoms with Crippen LogP contribution in [0.1, 0.15) is 18.9 Å². The lowest BCUT2D eigenvalue weighted by atomic mass is 10.2. The SMILES string of the molecule is CCCN(C(=O)C(F)(F)F)c1ccc(CN)cc1. The Morgan fingerprint density at radius 1 is 1.28 bits per heavy atom. The fourth-order valence-corrected chi connectivity index (χ4v) is 1.54. The average molecular weight is 260 g/mol. The number of carbonyl (C=O) groups is 1. The Labute approximate surface area is 103 Å². The summed E-state index contributed by atoms with van der Waals surface area (Å²) in [5.41, 5.74) is 6.44. The van der Waals surface area contributed by atoms with Crippen LogP contribution in [-0.4, -0.2) is 18.6 Å². The van der Waals surface area contributed by atoms with Crippen molar-refractivity contribution in [2.45, 2.75) is 26.1 Å². The molecule has 3 nitrogen and oxygen atoms in total. The molecule has 0 saturated heterocycles. The summed E-state index contributed by atoms with van der Waals surface area (Å²) in [7, 11) is 0. The summed E-state index contributed by atoms with van der Waals surface area (Å²) >= 11 is 0. The summed E-state index contributed by atoms with van der Waals surface area (Å²) in [5.74, 6) is -1.84. The molecule has 0 aliphatic rings. The topological polar surface area (TPSA) is 46.3 Å². The Morgan fingerprint density at radius 2 is 1.83 bits per heavy atom. The van der Waals surface area contributed by atoms with E-state index in [2.05, 4.69) is 0 Å². The number of halogens is 3. The second kappa shape index (κ2) is 5.86. The van der Waals surface area contributed by atoms with E-state index in [4.69, 9.17) is 5.73 Å². The number of amides is 1. The van der Waals surface area contributed by atoms with Crippen LogP contribution in [0.25, 0.3) is 0 Å². The average Bonchev–Trinajstić information content (AvgIpc) is 2.34. The van der Waals surface area contributed by atoms with Gasteiger partial charge in [0.25, 0.3) is 0 Å². The number of benzene rings is 1. The predicted octanol–water partition coefficient (Wildman–Crippen LogP) is 2.45. The molecule has 1 aromatic rings. The van der Waals surface area contributed by atoms with Crippen LogP contribution >= 0.6 is 0 Å². The minimum atomic E-state index is -4.86. The fourth-order valence-electron chi connectivity index (χ4n) is 1.54. The molecule has 0 heterocycles. The molecule has 0 fully saturated rings. The molecule has 0 bridgehead atoms. The number of nitrogens with zero attached hydrogens (tertiary/aromatic N) is 1. The third-order valence-electron chi connectivity index (χ3n) is 2.42. The van der Waals surface area contributed by atoms with Crippen molar-refractivity contribution in [1.29, 1.82) is 0 Å². The Balaban J connectivity index is 3.00. The van der Waals surface area contributed by atoms with Gasteiger partial charge in [-0.05, 0) is 24.1 Å². The molecule has 0 saturated carbocycles. The van der Waals surface area contributed by atoms with Crippen molar-refractivity contribution in [3.8, 4) is 0 Å². The highest BCUT2D eigenvalue weighted by Gasteiger charge is 2.42. The first-order chi connectivity index (χ1) is 8.40. The molecule has 0 unspecified atom stereocenters. The quantitative estimate of drug-likeness (QED) is 0.903. The predicted molar refractivity (Wildman–Crippen MR) is 63.0 cm³/mol. The third-order valence-corrected chi connectivity index (χ3v) is 2.42. The maximum atomic E-state index is 12.4. The highest BCUT2D eigenvalue weighted by Crippen LogP contribution is 2.24. The largest absolute Gasteiger partial charge is 0.471 e. The molecule has 100 valence electrons. The Kier molecular flexibility index (Phi) is 4.72. The molecule has 1 aromatic carbocycles. The van der Waals surface area contributed by atoms with Crippen LogP contribution in [0.5, 0.6) is 0 Å². The molecule has 0 aliphatic heterocycles. The van der Waals surface area contributed by atoms with Crippen LogP contribution in [0.2, 0.25) is 0 Å². The number of alkyl halides is 3.